The third-order valence-electron chi connectivity index (χ3n) is 6.39. The van der Waals surface area contributed by atoms with Gasteiger partial charge in [-0.15, -0.1) is 0 Å². The molecule has 2 aromatic carbocycles. The van der Waals surface area contributed by atoms with Crippen LogP contribution < -0.4 is 16.0 Å². The van der Waals surface area contributed by atoms with Crippen LogP contribution in [0.2, 0.25) is 0 Å². The van der Waals surface area contributed by atoms with Gasteiger partial charge in [0.1, 0.15) is 13.2 Å². The van der Waals surface area contributed by atoms with E-state index in [0.29, 0.717) is 12.8 Å². The van der Waals surface area contributed by atoms with Gasteiger partial charge in [0.05, 0.1) is 18.5 Å². The maximum absolute atomic E-state index is 12.2. The van der Waals surface area contributed by atoms with Crippen LogP contribution in [0.15, 0.2) is 48.5 Å². The number of hydrogen-bond donors (Lipinski definition) is 4. The van der Waals surface area contributed by atoms with Crippen molar-refractivity contribution in [2.75, 3.05) is 19.7 Å². The molecule has 0 radical (unpaired) electrons. The summed E-state index contributed by atoms with van der Waals surface area (Å²) in [6, 6.07) is 16.0. The van der Waals surface area contributed by atoms with E-state index in [9.17, 15) is 19.2 Å². The van der Waals surface area contributed by atoms with Crippen LogP contribution in [0, 0.1) is 0 Å². The van der Waals surface area contributed by atoms with E-state index in [1.54, 1.807) is 0 Å². The molecule has 0 bridgehead atoms. The molecule has 2 aromatic rings. The van der Waals surface area contributed by atoms with Gasteiger partial charge in [-0.05, 0) is 41.5 Å². The van der Waals surface area contributed by atoms with Crippen LogP contribution in [-0.4, -0.2) is 54.2 Å². The Morgan fingerprint density at radius 1 is 0.882 bits per heavy atom. The van der Waals surface area contributed by atoms with Crippen LogP contribution in [0.3, 0.4) is 0 Å². The van der Waals surface area contributed by atoms with Crippen LogP contribution >= 0.6 is 0 Å². The fraction of sp³-hybridized carbons (Fsp3) is 0.360. The average Bonchev–Trinajstić information content (AvgIpc) is 3.12. The largest absolute Gasteiger partial charge is 0.481 e. The van der Waals surface area contributed by atoms with E-state index in [0.717, 1.165) is 28.7 Å². The molecule has 0 aromatic heterocycles. The van der Waals surface area contributed by atoms with Crippen LogP contribution in [0.4, 0.5) is 4.79 Å². The minimum Gasteiger partial charge on any atom is -0.481 e. The Morgan fingerprint density at radius 2 is 1.47 bits per heavy atom. The standard InChI is InChI=1S/C25H27N3O6/c29-21(26-14-22(30)28-25(10-5-11-25)12-23(31)32)13-27-24(33)34-15-20-18-8-3-1-6-16(18)17-7-2-4-9-19(17)20/h1-4,6-9,20H,5,10-15H2,(H,26,29)(H,27,33)(H,28,30)(H,31,32). The van der Waals surface area contributed by atoms with Gasteiger partial charge in [-0.3, -0.25) is 14.4 Å². The Balaban J connectivity index is 1.20. The van der Waals surface area contributed by atoms with Gasteiger partial charge in [0.25, 0.3) is 0 Å². The van der Waals surface area contributed by atoms with Crippen molar-refractivity contribution in [3.63, 3.8) is 0 Å². The average molecular weight is 466 g/mol. The number of aliphatic carboxylic acids is 1. The van der Waals surface area contributed by atoms with Crippen LogP contribution in [0.5, 0.6) is 0 Å². The minimum absolute atomic E-state index is 0.0831. The Morgan fingerprint density at radius 3 is 2.03 bits per heavy atom. The molecule has 0 unspecified atom stereocenters. The molecule has 9 nitrogen and oxygen atoms in total. The lowest BCUT2D eigenvalue weighted by Crippen LogP contribution is -2.56. The van der Waals surface area contributed by atoms with Gasteiger partial charge in [0.2, 0.25) is 11.8 Å². The highest BCUT2D eigenvalue weighted by Crippen LogP contribution is 2.44. The van der Waals surface area contributed by atoms with Gasteiger partial charge >= 0.3 is 12.1 Å². The summed E-state index contributed by atoms with van der Waals surface area (Å²) < 4.78 is 5.38. The number of nitrogens with one attached hydrogen (secondary N) is 3. The van der Waals surface area contributed by atoms with Crippen molar-refractivity contribution >= 4 is 23.9 Å². The van der Waals surface area contributed by atoms with Crippen molar-refractivity contribution in [2.24, 2.45) is 0 Å². The molecule has 4 rings (SSSR count). The number of carboxylic acid groups (broad SMARTS) is 1. The topological polar surface area (TPSA) is 134 Å². The fourth-order valence-corrected chi connectivity index (χ4v) is 4.62. The number of rotatable bonds is 9. The van der Waals surface area contributed by atoms with Gasteiger partial charge in [-0.1, -0.05) is 48.5 Å². The molecule has 34 heavy (non-hydrogen) atoms. The van der Waals surface area contributed by atoms with Gasteiger partial charge < -0.3 is 25.8 Å². The molecule has 0 saturated heterocycles. The van der Waals surface area contributed by atoms with Crippen molar-refractivity contribution in [2.45, 2.75) is 37.1 Å². The van der Waals surface area contributed by atoms with E-state index in [2.05, 4.69) is 16.0 Å². The van der Waals surface area contributed by atoms with Gasteiger partial charge in [-0.2, -0.15) is 0 Å². The fourth-order valence-electron chi connectivity index (χ4n) is 4.62. The number of carboxylic acids is 1. The molecule has 9 heteroatoms. The highest BCUT2D eigenvalue weighted by Gasteiger charge is 2.40. The predicted octanol–water partition coefficient (Wildman–Crippen LogP) is 2.15. The number of amides is 3. The van der Waals surface area contributed by atoms with Crippen molar-refractivity contribution in [1.82, 2.24) is 16.0 Å². The first kappa shape index (κ1) is 23.3. The Hall–Kier alpha value is -3.88. The number of carbonyl (C=O) groups excluding carboxylic acids is 3. The number of alkyl carbamates (subject to hydrolysis) is 1. The molecule has 1 fully saturated rings. The Kier molecular flexibility index (Phi) is 6.81. The van der Waals surface area contributed by atoms with E-state index >= 15 is 0 Å². The maximum Gasteiger partial charge on any atom is 0.407 e. The number of ether oxygens (including phenoxy) is 1. The third-order valence-corrected chi connectivity index (χ3v) is 6.39. The molecular formula is C25H27N3O6. The Labute approximate surface area is 196 Å². The monoisotopic (exact) mass is 465 g/mol. The zero-order valence-electron chi connectivity index (χ0n) is 18.6. The highest BCUT2D eigenvalue weighted by molar-refractivity contribution is 5.88. The Bertz CT molecular complexity index is 1070. The van der Waals surface area contributed by atoms with Crippen molar-refractivity contribution < 1.29 is 29.0 Å². The summed E-state index contributed by atoms with van der Waals surface area (Å²) in [5, 5.41) is 16.5. The summed E-state index contributed by atoms with van der Waals surface area (Å²) in [7, 11) is 0. The van der Waals surface area contributed by atoms with Crippen LogP contribution in [0.25, 0.3) is 11.1 Å². The molecule has 1 saturated carbocycles. The summed E-state index contributed by atoms with van der Waals surface area (Å²) >= 11 is 0. The summed E-state index contributed by atoms with van der Waals surface area (Å²) in [5.41, 5.74) is 3.70. The summed E-state index contributed by atoms with van der Waals surface area (Å²) in [6.45, 7) is -0.508. The second kappa shape index (κ2) is 9.94. The van der Waals surface area contributed by atoms with Crippen molar-refractivity contribution in [3.8, 4) is 11.1 Å². The number of benzene rings is 2. The molecule has 0 atom stereocenters. The van der Waals surface area contributed by atoms with Gasteiger partial charge in [0.15, 0.2) is 0 Å². The van der Waals surface area contributed by atoms with Gasteiger partial charge in [-0.25, -0.2) is 4.79 Å². The van der Waals surface area contributed by atoms with E-state index in [1.807, 2.05) is 48.5 Å². The summed E-state index contributed by atoms with van der Waals surface area (Å²) in [6.07, 6.45) is 1.18. The van der Waals surface area contributed by atoms with Crippen LogP contribution in [0.1, 0.15) is 42.7 Å². The van der Waals surface area contributed by atoms with Crippen LogP contribution in [-0.2, 0) is 19.1 Å². The quantitative estimate of drug-likeness (QED) is 0.448. The van der Waals surface area contributed by atoms with E-state index in [4.69, 9.17) is 9.84 Å². The lowest BCUT2D eigenvalue weighted by Gasteiger charge is -2.41. The molecule has 2 aliphatic carbocycles. The van der Waals surface area contributed by atoms with E-state index in [-0.39, 0.29) is 32.0 Å². The summed E-state index contributed by atoms with van der Waals surface area (Å²) in [4.78, 5) is 47.3. The minimum atomic E-state index is -0.976. The molecule has 0 heterocycles. The molecule has 4 N–H and O–H groups in total. The lowest BCUT2D eigenvalue weighted by atomic mass is 9.74. The molecule has 0 spiro atoms. The first-order valence-electron chi connectivity index (χ1n) is 11.3. The zero-order valence-corrected chi connectivity index (χ0v) is 18.6. The second-order valence-electron chi connectivity index (χ2n) is 8.71. The van der Waals surface area contributed by atoms with Crippen molar-refractivity contribution in [1.29, 1.82) is 0 Å². The first-order valence-corrected chi connectivity index (χ1v) is 11.3. The SMILES string of the molecule is O=C(O)CC1(NC(=O)CNC(=O)CNC(=O)OCC2c3ccccc3-c3ccccc32)CCC1. The molecule has 2 aliphatic rings. The molecular weight excluding hydrogens is 438 g/mol. The summed E-state index contributed by atoms with van der Waals surface area (Å²) in [5.74, 6) is -2.07. The smallest absolute Gasteiger partial charge is 0.407 e. The maximum atomic E-state index is 12.2. The zero-order chi connectivity index (χ0) is 24.1. The molecule has 0 aliphatic heterocycles. The third kappa shape index (κ3) is 5.19. The highest BCUT2D eigenvalue weighted by atomic mass is 16.5. The van der Waals surface area contributed by atoms with E-state index in [1.165, 1.54) is 0 Å². The molecule has 3 amide bonds. The normalized spacial score (nSPS) is 15.3. The predicted molar refractivity (Wildman–Crippen MR) is 123 cm³/mol. The number of carbonyl (C=O) groups is 4. The van der Waals surface area contributed by atoms with Crippen molar-refractivity contribution in [3.05, 3.63) is 59.7 Å². The van der Waals surface area contributed by atoms with Gasteiger partial charge in [0, 0.05) is 5.92 Å². The lowest BCUT2D eigenvalue weighted by molar-refractivity contribution is -0.140. The molecule has 178 valence electrons. The van der Waals surface area contributed by atoms with E-state index < -0.39 is 29.4 Å². The first-order chi connectivity index (χ1) is 16.4. The second-order valence-corrected chi connectivity index (χ2v) is 8.71. The number of hydrogen-bond acceptors (Lipinski definition) is 5. The number of fused-ring (bicyclic) bond motifs is 3.